The van der Waals surface area contributed by atoms with E-state index in [-0.39, 0.29) is 5.91 Å². The van der Waals surface area contributed by atoms with Gasteiger partial charge in [-0.2, -0.15) is 0 Å². The summed E-state index contributed by atoms with van der Waals surface area (Å²) < 4.78 is 0. The summed E-state index contributed by atoms with van der Waals surface area (Å²) in [5, 5.41) is 3.41. The highest BCUT2D eigenvalue weighted by molar-refractivity contribution is 5.99. The maximum absolute atomic E-state index is 12.4. The van der Waals surface area contributed by atoms with Gasteiger partial charge in [0.2, 0.25) is 0 Å². The molecule has 110 valence electrons. The number of hydrogen-bond acceptors (Lipinski definition) is 3. The van der Waals surface area contributed by atoms with Crippen LogP contribution in [0.3, 0.4) is 0 Å². The van der Waals surface area contributed by atoms with Gasteiger partial charge in [0.05, 0.1) is 0 Å². The smallest absolute Gasteiger partial charge is 0.254 e. The molecule has 4 heteroatoms. The molecule has 0 aliphatic carbocycles. The Bertz CT molecular complexity index is 471. The van der Waals surface area contributed by atoms with E-state index in [0.29, 0.717) is 12.5 Å². The van der Waals surface area contributed by atoms with Crippen molar-refractivity contribution in [1.82, 2.24) is 10.2 Å². The number of rotatable bonds is 7. The number of nitrogens with one attached hydrogen (secondary N) is 1. The third-order valence-electron chi connectivity index (χ3n) is 3.65. The number of amides is 1. The third kappa shape index (κ3) is 3.38. The van der Waals surface area contributed by atoms with Crippen LogP contribution in [0.5, 0.6) is 0 Å². The van der Waals surface area contributed by atoms with E-state index < -0.39 is 0 Å². The Labute approximate surface area is 121 Å². The predicted molar refractivity (Wildman–Crippen MR) is 81.4 cm³/mol. The summed E-state index contributed by atoms with van der Waals surface area (Å²) in [6.07, 6.45) is 0.990. The third-order valence-corrected chi connectivity index (χ3v) is 3.65. The van der Waals surface area contributed by atoms with E-state index >= 15 is 0 Å². The fourth-order valence-corrected chi connectivity index (χ4v) is 2.63. The zero-order valence-electron chi connectivity index (χ0n) is 12.5. The molecule has 0 radical (unpaired) electrons. The van der Waals surface area contributed by atoms with Crippen LogP contribution in [0, 0.1) is 5.92 Å². The maximum Gasteiger partial charge on any atom is 0.254 e. The molecule has 0 saturated heterocycles. The highest BCUT2D eigenvalue weighted by atomic mass is 16.2. The maximum atomic E-state index is 12.4. The van der Waals surface area contributed by atoms with Gasteiger partial charge in [-0.15, -0.1) is 0 Å². The summed E-state index contributed by atoms with van der Waals surface area (Å²) in [7, 11) is 0. The van der Waals surface area contributed by atoms with E-state index in [0.717, 1.165) is 49.3 Å². The lowest BCUT2D eigenvalue weighted by Crippen LogP contribution is -2.29. The molecule has 1 aromatic rings. The Morgan fingerprint density at radius 1 is 1.40 bits per heavy atom. The second-order valence-electron chi connectivity index (χ2n) is 5.83. The highest BCUT2D eigenvalue weighted by Crippen LogP contribution is 2.25. The molecule has 0 fully saturated rings. The van der Waals surface area contributed by atoms with Crippen LogP contribution < -0.4 is 11.1 Å². The molecule has 4 nitrogen and oxygen atoms in total. The van der Waals surface area contributed by atoms with E-state index in [1.807, 2.05) is 23.1 Å². The van der Waals surface area contributed by atoms with Crippen molar-refractivity contribution < 1.29 is 4.79 Å². The van der Waals surface area contributed by atoms with Crippen molar-refractivity contribution in [3.63, 3.8) is 0 Å². The van der Waals surface area contributed by atoms with E-state index in [9.17, 15) is 4.79 Å². The zero-order valence-corrected chi connectivity index (χ0v) is 12.5. The lowest BCUT2D eigenvalue weighted by molar-refractivity contribution is 0.0776. The summed E-state index contributed by atoms with van der Waals surface area (Å²) in [6.45, 7) is 8.35. The van der Waals surface area contributed by atoms with E-state index in [4.69, 9.17) is 5.73 Å². The Balaban J connectivity index is 1.86. The summed E-state index contributed by atoms with van der Waals surface area (Å²) in [5.41, 5.74) is 8.64. The van der Waals surface area contributed by atoms with Gasteiger partial charge < -0.3 is 16.0 Å². The van der Waals surface area contributed by atoms with Crippen LogP contribution in [0.15, 0.2) is 18.2 Å². The van der Waals surface area contributed by atoms with Crippen molar-refractivity contribution in [2.45, 2.75) is 33.4 Å². The minimum atomic E-state index is 0.143. The lowest BCUT2D eigenvalue weighted by Gasteiger charge is -2.16. The summed E-state index contributed by atoms with van der Waals surface area (Å²) in [5.74, 6) is 0.810. The van der Waals surface area contributed by atoms with Crippen molar-refractivity contribution >= 4 is 5.91 Å². The van der Waals surface area contributed by atoms with Crippen molar-refractivity contribution in [2.24, 2.45) is 11.7 Å². The summed E-state index contributed by atoms with van der Waals surface area (Å²) in [4.78, 5) is 14.3. The van der Waals surface area contributed by atoms with Crippen molar-refractivity contribution in [2.75, 3.05) is 19.6 Å². The lowest BCUT2D eigenvalue weighted by atomic mass is 10.0. The van der Waals surface area contributed by atoms with Gasteiger partial charge in [-0.1, -0.05) is 32.0 Å². The molecule has 0 unspecified atom stereocenters. The van der Waals surface area contributed by atoms with Crippen molar-refractivity contribution in [1.29, 1.82) is 0 Å². The number of nitrogens with two attached hydrogens (primary N) is 1. The predicted octanol–water partition coefficient (Wildman–Crippen LogP) is 1.74. The molecule has 1 aliphatic heterocycles. The largest absolute Gasteiger partial charge is 0.334 e. The Hall–Kier alpha value is -1.39. The number of fused-ring (bicyclic) bond motifs is 1. The molecule has 1 amide bonds. The first kappa shape index (κ1) is 15.0. The SMILES string of the molecule is CC(C)CNCCCN1Cc2cccc(CN)c2C1=O. The summed E-state index contributed by atoms with van der Waals surface area (Å²) >= 11 is 0. The second kappa shape index (κ2) is 6.86. The topological polar surface area (TPSA) is 58.4 Å². The van der Waals surface area contributed by atoms with Gasteiger partial charge in [0.1, 0.15) is 0 Å². The van der Waals surface area contributed by atoms with Crippen LogP contribution in [-0.2, 0) is 13.1 Å². The fraction of sp³-hybridized carbons (Fsp3) is 0.562. The molecular weight excluding hydrogens is 250 g/mol. The van der Waals surface area contributed by atoms with Gasteiger partial charge in [0.15, 0.2) is 0 Å². The number of nitrogens with zero attached hydrogens (tertiary/aromatic N) is 1. The normalized spacial score (nSPS) is 14.2. The van der Waals surface area contributed by atoms with E-state index in [1.165, 1.54) is 0 Å². The molecule has 1 aromatic carbocycles. The van der Waals surface area contributed by atoms with Gasteiger partial charge >= 0.3 is 0 Å². The molecule has 0 aromatic heterocycles. The number of benzene rings is 1. The minimum absolute atomic E-state index is 0.143. The Kier molecular flexibility index (Phi) is 5.15. The fourth-order valence-electron chi connectivity index (χ4n) is 2.63. The summed E-state index contributed by atoms with van der Waals surface area (Å²) in [6, 6.07) is 5.97. The van der Waals surface area contributed by atoms with Crippen molar-refractivity contribution in [3.05, 3.63) is 34.9 Å². The molecule has 0 saturated carbocycles. The van der Waals surface area contributed by atoms with Crippen LogP contribution in [0.25, 0.3) is 0 Å². The second-order valence-corrected chi connectivity index (χ2v) is 5.83. The van der Waals surface area contributed by atoms with Gasteiger partial charge in [-0.25, -0.2) is 0 Å². The molecule has 2 rings (SSSR count). The first-order valence-electron chi connectivity index (χ1n) is 7.44. The number of carbonyl (C=O) groups is 1. The molecule has 1 aliphatic rings. The van der Waals surface area contributed by atoms with Gasteiger partial charge in [0.25, 0.3) is 5.91 Å². The molecule has 20 heavy (non-hydrogen) atoms. The van der Waals surface area contributed by atoms with Crippen LogP contribution >= 0.6 is 0 Å². The first-order valence-corrected chi connectivity index (χ1v) is 7.44. The van der Waals surface area contributed by atoms with Crippen molar-refractivity contribution in [3.8, 4) is 0 Å². The average Bonchev–Trinajstić information content (AvgIpc) is 2.75. The quantitative estimate of drug-likeness (QED) is 0.745. The van der Waals surface area contributed by atoms with Crippen LogP contribution in [-0.4, -0.2) is 30.4 Å². The zero-order chi connectivity index (χ0) is 14.5. The standard InChI is InChI=1S/C16H25N3O/c1-12(2)10-18-7-4-8-19-11-14-6-3-5-13(9-17)15(14)16(19)20/h3,5-6,12,18H,4,7-11,17H2,1-2H3. The Morgan fingerprint density at radius 3 is 2.90 bits per heavy atom. The monoisotopic (exact) mass is 275 g/mol. The van der Waals surface area contributed by atoms with E-state index in [1.54, 1.807) is 0 Å². The molecule has 0 bridgehead atoms. The van der Waals surface area contributed by atoms with Crippen LogP contribution in [0.4, 0.5) is 0 Å². The number of carbonyl (C=O) groups excluding carboxylic acids is 1. The van der Waals surface area contributed by atoms with Gasteiger partial charge in [-0.3, -0.25) is 4.79 Å². The Morgan fingerprint density at radius 2 is 2.20 bits per heavy atom. The highest BCUT2D eigenvalue weighted by Gasteiger charge is 2.28. The average molecular weight is 275 g/mol. The molecule has 0 atom stereocenters. The molecule has 1 heterocycles. The minimum Gasteiger partial charge on any atom is -0.334 e. The van der Waals surface area contributed by atoms with Gasteiger partial charge in [-0.05, 0) is 36.6 Å². The molecule has 3 N–H and O–H groups in total. The first-order chi connectivity index (χ1) is 9.63. The van der Waals surface area contributed by atoms with Crippen LogP contribution in [0.1, 0.15) is 41.8 Å². The van der Waals surface area contributed by atoms with E-state index in [2.05, 4.69) is 19.2 Å². The molecule has 0 spiro atoms. The van der Waals surface area contributed by atoms with Gasteiger partial charge in [0, 0.05) is 25.2 Å². The number of hydrogen-bond donors (Lipinski definition) is 2. The van der Waals surface area contributed by atoms with Crippen LogP contribution in [0.2, 0.25) is 0 Å². The molecular formula is C16H25N3O.